The van der Waals surface area contributed by atoms with Crippen LogP contribution in [0.1, 0.15) is 5.82 Å². The first kappa shape index (κ1) is 21.9. The molecule has 0 fully saturated rings. The van der Waals surface area contributed by atoms with Gasteiger partial charge in [0.05, 0.1) is 31.2 Å². The normalized spacial score (nSPS) is 12.7. The van der Waals surface area contributed by atoms with Crippen LogP contribution in [0.15, 0.2) is 34.4 Å². The number of ether oxygens (including phenoxy) is 2. The monoisotopic (exact) mass is 437 g/mol. The Kier molecular flexibility index (Phi) is 7.77. The molecule has 3 aromatic rings. The number of nitrogens with zero attached hydrogens (tertiary/aromatic N) is 2. The zero-order valence-electron chi connectivity index (χ0n) is 16.4. The molecule has 2 aromatic heterocycles. The first-order valence-corrected chi connectivity index (χ1v) is 10.4. The topological polar surface area (TPSA) is 87.7 Å². The number of halogens is 1. The van der Waals surface area contributed by atoms with Gasteiger partial charge in [0, 0.05) is 43.3 Å². The van der Waals surface area contributed by atoms with Crippen molar-refractivity contribution in [2.45, 2.75) is 12.6 Å². The van der Waals surface area contributed by atoms with E-state index in [-0.39, 0.29) is 12.2 Å². The van der Waals surface area contributed by atoms with Crippen molar-refractivity contribution in [3.8, 4) is 11.1 Å². The largest absolute Gasteiger partial charge is 0.389 e. The Bertz CT molecular complexity index is 1010. The molecule has 156 valence electrons. The van der Waals surface area contributed by atoms with Gasteiger partial charge in [-0.1, -0.05) is 23.7 Å². The average molecular weight is 438 g/mol. The maximum absolute atomic E-state index is 12.8. The molecule has 0 aliphatic heterocycles. The van der Waals surface area contributed by atoms with E-state index < -0.39 is 6.10 Å². The van der Waals surface area contributed by atoms with E-state index in [4.69, 9.17) is 21.1 Å². The molecular formula is C20H24ClN3O4S. The number of aliphatic hydroxyl groups is 1. The van der Waals surface area contributed by atoms with Gasteiger partial charge in [0.1, 0.15) is 10.7 Å². The number of benzene rings is 1. The third-order valence-corrected chi connectivity index (χ3v) is 5.55. The standard InChI is InChI=1S/C20H24ClN3O4S/c1-27-7-6-24(9-15(25)11-28-2)10-17-22-19(26)18-16(12-29-20(18)23-17)13-4-3-5-14(21)8-13/h3-5,8,12,15,25H,6-7,9-11H2,1-2H3,(H,22,23,26). The third-order valence-electron chi connectivity index (χ3n) is 4.44. The van der Waals surface area contributed by atoms with Crippen LogP contribution in [0.25, 0.3) is 21.3 Å². The van der Waals surface area contributed by atoms with Crippen molar-refractivity contribution in [1.82, 2.24) is 14.9 Å². The van der Waals surface area contributed by atoms with Crippen LogP contribution in [-0.2, 0) is 16.0 Å². The molecule has 0 amide bonds. The Morgan fingerprint density at radius 2 is 2.17 bits per heavy atom. The molecule has 2 N–H and O–H groups in total. The smallest absolute Gasteiger partial charge is 0.260 e. The predicted molar refractivity (Wildman–Crippen MR) is 116 cm³/mol. The van der Waals surface area contributed by atoms with Gasteiger partial charge in [0.25, 0.3) is 5.56 Å². The zero-order valence-corrected chi connectivity index (χ0v) is 17.9. The fourth-order valence-electron chi connectivity index (χ4n) is 3.15. The number of fused-ring (bicyclic) bond motifs is 1. The Hall–Kier alpha value is -1.81. The Morgan fingerprint density at radius 3 is 2.90 bits per heavy atom. The van der Waals surface area contributed by atoms with E-state index in [9.17, 15) is 9.90 Å². The summed E-state index contributed by atoms with van der Waals surface area (Å²) in [5.74, 6) is 0.544. The Labute approximate surface area is 177 Å². The molecular weight excluding hydrogens is 414 g/mol. The average Bonchev–Trinajstić information content (AvgIpc) is 3.11. The van der Waals surface area contributed by atoms with Crippen LogP contribution < -0.4 is 5.56 Å². The fourth-order valence-corrected chi connectivity index (χ4v) is 4.30. The van der Waals surface area contributed by atoms with Gasteiger partial charge in [-0.3, -0.25) is 9.69 Å². The van der Waals surface area contributed by atoms with Crippen LogP contribution >= 0.6 is 22.9 Å². The molecule has 1 atom stereocenters. The summed E-state index contributed by atoms with van der Waals surface area (Å²) in [6.45, 7) is 2.11. The molecule has 0 saturated carbocycles. The van der Waals surface area contributed by atoms with Gasteiger partial charge in [0.15, 0.2) is 0 Å². The summed E-state index contributed by atoms with van der Waals surface area (Å²) in [5.41, 5.74) is 1.51. The Balaban J connectivity index is 1.87. The van der Waals surface area contributed by atoms with E-state index in [1.54, 1.807) is 20.3 Å². The summed E-state index contributed by atoms with van der Waals surface area (Å²) in [6, 6.07) is 7.41. The number of aliphatic hydroxyl groups excluding tert-OH is 1. The quantitative estimate of drug-likeness (QED) is 0.507. The third kappa shape index (κ3) is 5.63. The van der Waals surface area contributed by atoms with Gasteiger partial charge in [-0.25, -0.2) is 4.98 Å². The van der Waals surface area contributed by atoms with Crippen LogP contribution in [0.2, 0.25) is 5.02 Å². The molecule has 3 rings (SSSR count). The number of hydrogen-bond acceptors (Lipinski definition) is 7. The van der Waals surface area contributed by atoms with Crippen molar-refractivity contribution in [1.29, 1.82) is 0 Å². The van der Waals surface area contributed by atoms with Crippen LogP contribution in [0.4, 0.5) is 0 Å². The lowest BCUT2D eigenvalue weighted by atomic mass is 10.1. The second-order valence-corrected chi connectivity index (χ2v) is 7.98. The molecule has 0 spiro atoms. The number of aromatic amines is 1. The van der Waals surface area contributed by atoms with Gasteiger partial charge in [0.2, 0.25) is 0 Å². The summed E-state index contributed by atoms with van der Waals surface area (Å²) >= 11 is 7.52. The predicted octanol–water partition coefficient (Wildman–Crippen LogP) is 2.76. The number of thiophene rings is 1. The minimum atomic E-state index is -0.636. The van der Waals surface area contributed by atoms with Crippen molar-refractivity contribution >= 4 is 33.2 Å². The number of rotatable bonds is 10. The summed E-state index contributed by atoms with van der Waals surface area (Å²) in [7, 11) is 3.17. The van der Waals surface area contributed by atoms with E-state index in [1.165, 1.54) is 11.3 Å². The highest BCUT2D eigenvalue weighted by atomic mass is 35.5. The first-order chi connectivity index (χ1) is 14.0. The molecule has 0 bridgehead atoms. The molecule has 1 unspecified atom stereocenters. The van der Waals surface area contributed by atoms with Crippen LogP contribution in [-0.4, -0.2) is 66.6 Å². The van der Waals surface area contributed by atoms with Gasteiger partial charge in [-0.05, 0) is 17.7 Å². The second kappa shape index (κ2) is 10.3. The van der Waals surface area contributed by atoms with Crippen molar-refractivity contribution in [2.24, 2.45) is 0 Å². The molecule has 2 heterocycles. The molecule has 0 saturated heterocycles. The molecule has 0 radical (unpaired) electrons. The van der Waals surface area contributed by atoms with Crippen LogP contribution in [0, 0.1) is 0 Å². The molecule has 7 nitrogen and oxygen atoms in total. The number of methoxy groups -OCH3 is 2. The number of nitrogens with one attached hydrogen (secondary N) is 1. The van der Waals surface area contributed by atoms with Crippen LogP contribution in [0.3, 0.4) is 0 Å². The highest BCUT2D eigenvalue weighted by Crippen LogP contribution is 2.31. The van der Waals surface area contributed by atoms with Crippen molar-refractivity contribution in [3.63, 3.8) is 0 Å². The highest BCUT2D eigenvalue weighted by Gasteiger charge is 2.17. The zero-order chi connectivity index (χ0) is 20.8. The van der Waals surface area contributed by atoms with Gasteiger partial charge in [-0.2, -0.15) is 0 Å². The highest BCUT2D eigenvalue weighted by molar-refractivity contribution is 7.17. The molecule has 0 aliphatic carbocycles. The molecule has 1 aromatic carbocycles. The lowest BCUT2D eigenvalue weighted by Crippen LogP contribution is -2.37. The minimum Gasteiger partial charge on any atom is -0.389 e. The minimum absolute atomic E-state index is 0.189. The van der Waals surface area contributed by atoms with Crippen molar-refractivity contribution in [2.75, 3.05) is 40.5 Å². The first-order valence-electron chi connectivity index (χ1n) is 9.16. The number of hydrogen-bond donors (Lipinski definition) is 2. The second-order valence-electron chi connectivity index (χ2n) is 6.69. The lowest BCUT2D eigenvalue weighted by molar-refractivity contribution is 0.0287. The van der Waals surface area contributed by atoms with E-state index in [0.717, 1.165) is 11.1 Å². The van der Waals surface area contributed by atoms with Crippen LogP contribution in [0.5, 0.6) is 0 Å². The summed E-state index contributed by atoms with van der Waals surface area (Å²) < 4.78 is 10.2. The van der Waals surface area contributed by atoms with E-state index >= 15 is 0 Å². The van der Waals surface area contributed by atoms with E-state index in [1.807, 2.05) is 28.5 Å². The Morgan fingerprint density at radius 1 is 1.34 bits per heavy atom. The maximum Gasteiger partial charge on any atom is 0.260 e. The van der Waals surface area contributed by atoms with E-state index in [0.29, 0.717) is 47.3 Å². The van der Waals surface area contributed by atoms with E-state index in [2.05, 4.69) is 9.97 Å². The van der Waals surface area contributed by atoms with Gasteiger partial charge in [-0.15, -0.1) is 11.3 Å². The summed E-state index contributed by atoms with van der Waals surface area (Å²) in [6.07, 6.45) is -0.636. The van der Waals surface area contributed by atoms with Gasteiger partial charge < -0.3 is 19.6 Å². The lowest BCUT2D eigenvalue weighted by Gasteiger charge is -2.24. The summed E-state index contributed by atoms with van der Waals surface area (Å²) in [4.78, 5) is 23.0. The number of H-pyrrole nitrogens is 1. The molecule has 0 aliphatic rings. The molecule has 29 heavy (non-hydrogen) atoms. The fraction of sp³-hybridized carbons (Fsp3) is 0.400. The SMILES string of the molecule is COCCN(Cc1nc2scc(-c3cccc(Cl)c3)c2c(=O)[nH]1)CC(O)COC. The van der Waals surface area contributed by atoms with Gasteiger partial charge >= 0.3 is 0 Å². The maximum atomic E-state index is 12.8. The summed E-state index contributed by atoms with van der Waals surface area (Å²) in [5, 5.41) is 13.2. The number of aromatic nitrogens is 2. The molecule has 9 heteroatoms. The van der Waals surface area contributed by atoms with Crippen molar-refractivity contribution < 1.29 is 14.6 Å². The van der Waals surface area contributed by atoms with Crippen molar-refractivity contribution in [3.05, 3.63) is 50.8 Å².